The first kappa shape index (κ1) is 44.1. The number of nitrogens with one attached hydrogen (secondary N) is 1. The highest BCUT2D eigenvalue weighted by atomic mass is 35.5. The molecule has 0 aromatic heterocycles. The van der Waals surface area contributed by atoms with E-state index in [0.29, 0.717) is 0 Å². The van der Waals surface area contributed by atoms with Crippen LogP contribution in [0.4, 0.5) is 4.39 Å². The third-order valence-electron chi connectivity index (χ3n) is 8.73. The van der Waals surface area contributed by atoms with E-state index in [1.54, 1.807) is 0 Å². The first-order chi connectivity index (χ1) is 25.7. The summed E-state index contributed by atoms with van der Waals surface area (Å²) < 4.78 is 58.3. The molecule has 1 aliphatic heterocycles. The molecule has 3 aromatic carbocycles. The third kappa shape index (κ3) is 13.6. The molecule has 1 heterocycles. The summed E-state index contributed by atoms with van der Waals surface area (Å²) in [7, 11) is -1.57. The number of carbonyl (C=O) groups is 1. The van der Waals surface area contributed by atoms with Gasteiger partial charge in [-0.05, 0) is 44.4 Å². The molecule has 3 aromatic rings. The van der Waals surface area contributed by atoms with Crippen molar-refractivity contribution >= 4 is 39.5 Å². The zero-order valence-corrected chi connectivity index (χ0v) is 34.7. The maximum Gasteiger partial charge on any atom is 0.196 e. The summed E-state index contributed by atoms with van der Waals surface area (Å²) in [4.78, 5) is 13.8. The summed E-state index contributed by atoms with van der Waals surface area (Å²) in [6, 6.07) is 28.7. The van der Waals surface area contributed by atoms with Crippen molar-refractivity contribution in [2.24, 2.45) is 11.3 Å². The average Bonchev–Trinajstić information content (AvgIpc) is 3.15. The zero-order valence-electron chi connectivity index (χ0n) is 32.3. The second-order valence-corrected chi connectivity index (χ2v) is 18.9. The Balaban J connectivity index is 1.87. The highest BCUT2D eigenvalue weighted by molar-refractivity contribution is 8.14. The number of thioether (sulfide) groups is 1. The molecule has 1 fully saturated rings. The predicted octanol–water partition coefficient (Wildman–Crippen LogP) is 8.80. The summed E-state index contributed by atoms with van der Waals surface area (Å²) in [5.41, 5.74) is 1.29. The molecule has 0 aliphatic carbocycles. The summed E-state index contributed by atoms with van der Waals surface area (Å²) in [6.07, 6.45) is -4.50. The highest BCUT2D eigenvalue weighted by Gasteiger charge is 2.53. The molecule has 0 bridgehead atoms. The number of benzene rings is 3. The van der Waals surface area contributed by atoms with Crippen molar-refractivity contribution in [3.63, 3.8) is 0 Å². The SMILES string of the molecule is C[C@H](C#CC[C@@H](F)CCl)[C@@H](N[S@](=O)C(C)(C)C)[C@H]1O[C@H](SC(=O)C(C)(C)C)[C@H](OCc2ccccc2)[C@@H](OCc2ccccc2)[C@H]1OCc1ccccc1. The fourth-order valence-electron chi connectivity index (χ4n) is 5.59. The van der Waals surface area contributed by atoms with Crippen molar-refractivity contribution in [2.75, 3.05) is 5.88 Å². The van der Waals surface area contributed by atoms with E-state index in [1.807, 2.05) is 139 Å². The van der Waals surface area contributed by atoms with Crippen molar-refractivity contribution in [2.45, 2.75) is 122 Å². The lowest BCUT2D eigenvalue weighted by Crippen LogP contribution is -2.65. The van der Waals surface area contributed by atoms with Crippen molar-refractivity contribution in [3.8, 4) is 11.8 Å². The van der Waals surface area contributed by atoms with Gasteiger partial charge in [0, 0.05) is 17.8 Å². The molecule has 1 saturated heterocycles. The van der Waals surface area contributed by atoms with Crippen LogP contribution >= 0.6 is 23.4 Å². The van der Waals surface area contributed by atoms with Gasteiger partial charge in [-0.15, -0.1) is 11.6 Å². The Bertz CT molecular complexity index is 1660. The van der Waals surface area contributed by atoms with Crippen LogP contribution in [0.5, 0.6) is 0 Å². The molecule has 0 spiro atoms. The second-order valence-electron chi connectivity index (χ2n) is 15.5. The van der Waals surface area contributed by atoms with Crippen molar-refractivity contribution < 1.29 is 32.3 Å². The molecule has 11 heteroatoms. The Morgan fingerprint density at radius 1 is 0.833 bits per heavy atom. The molecule has 4 rings (SSSR count). The van der Waals surface area contributed by atoms with Crippen LogP contribution in [0.25, 0.3) is 0 Å². The van der Waals surface area contributed by atoms with E-state index in [4.69, 9.17) is 30.5 Å². The predicted molar refractivity (Wildman–Crippen MR) is 218 cm³/mol. The largest absolute Gasteiger partial charge is 0.368 e. The van der Waals surface area contributed by atoms with Crippen molar-refractivity contribution in [1.82, 2.24) is 4.72 Å². The number of hydrogen-bond donors (Lipinski definition) is 1. The Labute approximate surface area is 333 Å². The van der Waals surface area contributed by atoms with E-state index < -0.39 is 69.1 Å². The Morgan fingerprint density at radius 3 is 1.74 bits per heavy atom. The van der Waals surface area contributed by atoms with E-state index in [0.717, 1.165) is 28.5 Å². The molecule has 0 unspecified atom stereocenters. The van der Waals surface area contributed by atoms with Crippen LogP contribution in [0.3, 0.4) is 0 Å². The Kier molecular flexibility index (Phi) is 17.2. The van der Waals surface area contributed by atoms with Crippen LogP contribution < -0.4 is 4.72 Å². The lowest BCUT2D eigenvalue weighted by atomic mass is 9.88. The topological polar surface area (TPSA) is 83.1 Å². The maximum atomic E-state index is 14.2. The van der Waals surface area contributed by atoms with Gasteiger partial charge in [0.15, 0.2) is 5.12 Å². The number of hydrogen-bond acceptors (Lipinski definition) is 7. The third-order valence-corrected chi connectivity index (χ3v) is 12.1. The minimum Gasteiger partial charge on any atom is -0.368 e. The average molecular weight is 800 g/mol. The monoisotopic (exact) mass is 799 g/mol. The van der Waals surface area contributed by atoms with E-state index in [-0.39, 0.29) is 37.2 Å². The molecule has 7 nitrogen and oxygen atoms in total. The van der Waals surface area contributed by atoms with Crippen molar-refractivity contribution in [3.05, 3.63) is 108 Å². The second kappa shape index (κ2) is 21.1. The van der Waals surface area contributed by atoms with Crippen molar-refractivity contribution in [1.29, 1.82) is 0 Å². The zero-order chi connectivity index (χ0) is 39.3. The minimum atomic E-state index is -1.57. The summed E-state index contributed by atoms with van der Waals surface area (Å²) in [6.45, 7) is 13.8. The normalized spacial score (nSPS) is 22.7. The van der Waals surface area contributed by atoms with Gasteiger partial charge in [-0.3, -0.25) is 4.79 Å². The van der Waals surface area contributed by atoms with Gasteiger partial charge in [-0.2, -0.15) is 0 Å². The fourth-order valence-corrected chi connectivity index (χ4v) is 7.75. The first-order valence-corrected chi connectivity index (χ1v) is 20.9. The van der Waals surface area contributed by atoms with E-state index in [2.05, 4.69) is 16.6 Å². The van der Waals surface area contributed by atoms with Crippen LogP contribution in [0.1, 0.15) is 71.6 Å². The number of ether oxygens (including phenoxy) is 4. The molecular weight excluding hydrogens is 745 g/mol. The molecule has 54 heavy (non-hydrogen) atoms. The van der Waals surface area contributed by atoms with Crippen LogP contribution in [0, 0.1) is 23.2 Å². The Hall–Kier alpha value is -2.59. The Morgan fingerprint density at radius 2 is 1.30 bits per heavy atom. The molecular formula is C43H55ClFNO6S2. The first-order valence-electron chi connectivity index (χ1n) is 18.4. The molecule has 1 aliphatic rings. The summed E-state index contributed by atoms with van der Waals surface area (Å²) >= 11 is 6.81. The van der Waals surface area contributed by atoms with Gasteiger partial charge in [0.25, 0.3) is 0 Å². The lowest BCUT2D eigenvalue weighted by molar-refractivity contribution is -0.252. The quantitative estimate of drug-likeness (QED) is 0.115. The minimum absolute atomic E-state index is 0.0425. The van der Waals surface area contributed by atoms with Gasteiger partial charge >= 0.3 is 0 Å². The van der Waals surface area contributed by atoms with E-state index in [1.165, 1.54) is 0 Å². The van der Waals surface area contributed by atoms with Gasteiger partial charge in [0.05, 0.1) is 47.5 Å². The summed E-state index contributed by atoms with van der Waals surface area (Å²) in [5.74, 6) is 5.46. The van der Waals surface area contributed by atoms with Gasteiger partial charge in [-0.1, -0.05) is 135 Å². The lowest BCUT2D eigenvalue weighted by Gasteiger charge is -2.49. The molecule has 294 valence electrons. The number of alkyl halides is 2. The summed E-state index contributed by atoms with van der Waals surface area (Å²) in [5, 5.41) is -0.0873. The smallest absolute Gasteiger partial charge is 0.196 e. The molecule has 0 radical (unpaired) electrons. The standard InChI is InChI=1S/C43H55ClFNO6S2/c1-30(18-17-25-34(45)26-44)35(46-54(48)43(5,6)7)36-37(49-27-31-19-11-8-12-20-31)38(50-28-32-21-13-9-14-22-32)39(51-29-33-23-15-10-16-24-33)40(52-36)53-41(47)42(2,3)4/h8-16,19-24,30,34-40,46H,25-29H2,1-7H3/t30-,34-,35-,36-,37+,38+,39-,40-,54-/m1/s1. The molecule has 9 atom stereocenters. The van der Waals surface area contributed by atoms with Crippen LogP contribution in [-0.4, -0.2) is 62.0 Å². The van der Waals surface area contributed by atoms with Gasteiger partial charge in [0.2, 0.25) is 0 Å². The van der Waals surface area contributed by atoms with Crippen LogP contribution in [-0.2, 0) is 54.5 Å². The van der Waals surface area contributed by atoms with Crippen LogP contribution in [0.15, 0.2) is 91.0 Å². The molecule has 1 N–H and O–H groups in total. The van der Waals surface area contributed by atoms with Crippen LogP contribution in [0.2, 0.25) is 0 Å². The number of halogens is 2. The van der Waals surface area contributed by atoms with E-state index in [9.17, 15) is 13.4 Å². The van der Waals surface area contributed by atoms with E-state index >= 15 is 0 Å². The van der Waals surface area contributed by atoms with Gasteiger partial charge in [-0.25, -0.2) is 13.3 Å². The fraction of sp³-hybridized carbons (Fsp3) is 0.512. The molecule has 0 saturated carbocycles. The van der Waals surface area contributed by atoms with Gasteiger partial charge in [0.1, 0.15) is 36.0 Å². The molecule has 0 amide bonds. The maximum absolute atomic E-state index is 14.2. The van der Waals surface area contributed by atoms with Gasteiger partial charge < -0.3 is 18.9 Å². The number of carbonyl (C=O) groups excluding carboxylic acids is 1. The number of rotatable bonds is 16. The highest BCUT2D eigenvalue weighted by Crippen LogP contribution is 2.40.